The molecule has 0 bridgehead atoms. The van der Waals surface area contributed by atoms with E-state index >= 15 is 0 Å². The van der Waals surface area contributed by atoms with Gasteiger partial charge in [0.2, 0.25) is 0 Å². The van der Waals surface area contributed by atoms with E-state index in [9.17, 15) is 26.3 Å². The SMILES string of the molecule is CCc1ccc2c(F)c(-c3cc(F)c(C#CC(F)(F)F)c(F)c3)ccc2c1. The lowest BCUT2D eigenvalue weighted by Crippen LogP contribution is -2.02. The van der Waals surface area contributed by atoms with Crippen LogP contribution in [0.15, 0.2) is 42.5 Å². The second-order valence-electron chi connectivity index (χ2n) is 5.90. The first-order valence-corrected chi connectivity index (χ1v) is 8.00. The van der Waals surface area contributed by atoms with Gasteiger partial charge in [-0.2, -0.15) is 13.2 Å². The first-order valence-electron chi connectivity index (χ1n) is 8.00. The van der Waals surface area contributed by atoms with Crippen LogP contribution in [0, 0.1) is 29.3 Å². The van der Waals surface area contributed by atoms with Crippen molar-refractivity contribution in [1.29, 1.82) is 0 Å². The summed E-state index contributed by atoms with van der Waals surface area (Å²) in [6.45, 7) is 1.96. The Kier molecular flexibility index (Phi) is 4.88. The van der Waals surface area contributed by atoms with Crippen LogP contribution in [0.4, 0.5) is 26.3 Å². The first kappa shape index (κ1) is 18.8. The second kappa shape index (κ2) is 6.99. The molecule has 3 aromatic rings. The Bertz CT molecular complexity index is 1060. The number of hydrogen-bond acceptors (Lipinski definition) is 0. The Morgan fingerprint density at radius 2 is 1.56 bits per heavy atom. The third-order valence-corrected chi connectivity index (χ3v) is 4.11. The van der Waals surface area contributed by atoms with Gasteiger partial charge in [-0.3, -0.25) is 0 Å². The lowest BCUT2D eigenvalue weighted by atomic mass is 9.97. The molecule has 6 heteroatoms. The molecule has 0 spiro atoms. The molecule has 0 aliphatic heterocycles. The molecule has 0 aliphatic carbocycles. The second-order valence-corrected chi connectivity index (χ2v) is 5.90. The molecule has 0 heterocycles. The zero-order valence-electron chi connectivity index (χ0n) is 14.0. The molecule has 0 amide bonds. The lowest BCUT2D eigenvalue weighted by molar-refractivity contribution is -0.0696. The number of fused-ring (bicyclic) bond motifs is 1. The van der Waals surface area contributed by atoms with Crippen LogP contribution >= 0.6 is 0 Å². The fourth-order valence-electron chi connectivity index (χ4n) is 2.77. The van der Waals surface area contributed by atoms with E-state index in [2.05, 4.69) is 0 Å². The largest absolute Gasteiger partial charge is 0.458 e. The average molecular weight is 378 g/mol. The zero-order chi connectivity index (χ0) is 19.8. The van der Waals surface area contributed by atoms with E-state index in [0.29, 0.717) is 5.39 Å². The topological polar surface area (TPSA) is 0 Å². The van der Waals surface area contributed by atoms with Crippen molar-refractivity contribution < 1.29 is 26.3 Å². The number of halogens is 6. The highest BCUT2D eigenvalue weighted by Crippen LogP contribution is 2.31. The fraction of sp³-hybridized carbons (Fsp3) is 0.143. The van der Waals surface area contributed by atoms with Crippen molar-refractivity contribution in [2.45, 2.75) is 19.5 Å². The minimum atomic E-state index is -4.88. The molecule has 3 aromatic carbocycles. The Balaban J connectivity index is 2.11. The Labute approximate surface area is 151 Å². The molecule has 3 rings (SSSR count). The molecule has 0 saturated carbocycles. The van der Waals surface area contributed by atoms with Crippen LogP contribution < -0.4 is 0 Å². The molecule has 0 aliphatic rings. The van der Waals surface area contributed by atoms with E-state index in [1.807, 2.05) is 13.0 Å². The highest BCUT2D eigenvalue weighted by Gasteiger charge is 2.24. The Morgan fingerprint density at radius 1 is 0.889 bits per heavy atom. The van der Waals surface area contributed by atoms with Crippen LogP contribution in [-0.4, -0.2) is 6.18 Å². The molecular weight excluding hydrogens is 366 g/mol. The summed E-state index contributed by atoms with van der Waals surface area (Å²) >= 11 is 0. The van der Waals surface area contributed by atoms with Gasteiger partial charge in [0.1, 0.15) is 17.5 Å². The molecule has 0 N–H and O–H groups in total. The summed E-state index contributed by atoms with van der Waals surface area (Å²) in [6, 6.07) is 9.71. The quantitative estimate of drug-likeness (QED) is 0.358. The van der Waals surface area contributed by atoms with Crippen LogP contribution in [0.3, 0.4) is 0 Å². The third kappa shape index (κ3) is 3.92. The predicted molar refractivity (Wildman–Crippen MR) is 91.6 cm³/mol. The highest BCUT2D eigenvalue weighted by atomic mass is 19.4. The molecule has 0 aromatic heterocycles. The van der Waals surface area contributed by atoms with Crippen molar-refractivity contribution in [1.82, 2.24) is 0 Å². The van der Waals surface area contributed by atoms with E-state index < -0.39 is 29.2 Å². The normalized spacial score (nSPS) is 11.4. The van der Waals surface area contributed by atoms with Crippen molar-refractivity contribution in [2.75, 3.05) is 0 Å². The number of aryl methyl sites for hydroxylation is 1. The highest BCUT2D eigenvalue weighted by molar-refractivity contribution is 5.88. The maximum Gasteiger partial charge on any atom is 0.458 e. The minimum Gasteiger partial charge on any atom is -0.206 e. The van der Waals surface area contributed by atoms with E-state index in [1.54, 1.807) is 18.2 Å². The van der Waals surface area contributed by atoms with Crippen LogP contribution in [0.2, 0.25) is 0 Å². The van der Waals surface area contributed by atoms with Crippen LogP contribution in [0.5, 0.6) is 0 Å². The van der Waals surface area contributed by atoms with E-state index in [0.717, 1.165) is 30.0 Å². The van der Waals surface area contributed by atoms with Gasteiger partial charge < -0.3 is 0 Å². The number of rotatable bonds is 2. The summed E-state index contributed by atoms with van der Waals surface area (Å²) in [4.78, 5) is 0. The molecular formula is C21H12F6. The summed E-state index contributed by atoms with van der Waals surface area (Å²) in [7, 11) is 0. The van der Waals surface area contributed by atoms with Gasteiger partial charge in [-0.1, -0.05) is 43.2 Å². The summed E-state index contributed by atoms with van der Waals surface area (Å²) in [5.41, 5.74) is -0.175. The molecule has 0 nitrogen and oxygen atoms in total. The summed E-state index contributed by atoms with van der Waals surface area (Å²) in [6.07, 6.45) is -4.10. The first-order chi connectivity index (χ1) is 12.7. The third-order valence-electron chi connectivity index (χ3n) is 4.11. The monoisotopic (exact) mass is 378 g/mol. The van der Waals surface area contributed by atoms with Crippen LogP contribution in [0.1, 0.15) is 18.1 Å². The van der Waals surface area contributed by atoms with E-state index in [1.165, 1.54) is 12.0 Å². The number of benzene rings is 3. The van der Waals surface area contributed by atoms with Crippen molar-refractivity contribution >= 4 is 10.8 Å². The molecule has 0 unspecified atom stereocenters. The van der Waals surface area contributed by atoms with Gasteiger partial charge in [0.15, 0.2) is 0 Å². The van der Waals surface area contributed by atoms with Gasteiger partial charge in [-0.15, -0.1) is 0 Å². The van der Waals surface area contributed by atoms with Crippen molar-refractivity contribution in [2.24, 2.45) is 0 Å². The predicted octanol–water partition coefficient (Wildman–Crippen LogP) is 6.40. The maximum absolute atomic E-state index is 14.8. The van der Waals surface area contributed by atoms with Gasteiger partial charge in [0.25, 0.3) is 0 Å². The maximum atomic E-state index is 14.8. The number of alkyl halides is 3. The lowest BCUT2D eigenvalue weighted by Gasteiger charge is -2.09. The molecule has 0 radical (unpaired) electrons. The standard InChI is InChI=1S/C21H12F6/c1-2-12-3-5-15-13(9-12)4-6-16(20(15)24)14-10-18(22)17(19(23)11-14)7-8-21(25,26)27/h3-6,9-11H,2H2,1H3. The molecule has 138 valence electrons. The summed E-state index contributed by atoms with van der Waals surface area (Å²) in [5.74, 6) is -0.983. The van der Waals surface area contributed by atoms with Gasteiger partial charge in [0.05, 0.1) is 5.56 Å². The molecule has 0 fully saturated rings. The van der Waals surface area contributed by atoms with Crippen molar-refractivity contribution in [3.63, 3.8) is 0 Å². The van der Waals surface area contributed by atoms with E-state index in [4.69, 9.17) is 0 Å². The smallest absolute Gasteiger partial charge is 0.206 e. The minimum absolute atomic E-state index is 0.0557. The van der Waals surface area contributed by atoms with Gasteiger partial charge in [0, 0.05) is 16.9 Å². The average Bonchev–Trinajstić information content (AvgIpc) is 2.59. The summed E-state index contributed by atoms with van der Waals surface area (Å²) < 4.78 is 79.4. The van der Waals surface area contributed by atoms with Gasteiger partial charge in [-0.05, 0) is 35.1 Å². The van der Waals surface area contributed by atoms with Crippen molar-refractivity contribution in [3.8, 4) is 23.0 Å². The fourth-order valence-corrected chi connectivity index (χ4v) is 2.77. The van der Waals surface area contributed by atoms with Crippen molar-refractivity contribution in [3.05, 3.63) is 71.0 Å². The molecule has 27 heavy (non-hydrogen) atoms. The van der Waals surface area contributed by atoms with Gasteiger partial charge in [-0.25, -0.2) is 13.2 Å². The molecule has 0 saturated heterocycles. The van der Waals surface area contributed by atoms with E-state index in [-0.39, 0.29) is 16.5 Å². The van der Waals surface area contributed by atoms with Crippen LogP contribution in [-0.2, 0) is 6.42 Å². The number of hydrogen-bond donors (Lipinski definition) is 0. The molecule has 0 atom stereocenters. The van der Waals surface area contributed by atoms with Gasteiger partial charge >= 0.3 is 6.18 Å². The summed E-state index contributed by atoms with van der Waals surface area (Å²) in [5, 5.41) is 0.927. The Morgan fingerprint density at radius 3 is 2.15 bits per heavy atom. The Hall–Kier alpha value is -2.94. The zero-order valence-corrected chi connectivity index (χ0v) is 14.0. The van der Waals surface area contributed by atoms with Crippen LogP contribution in [0.25, 0.3) is 21.9 Å².